The molecule has 0 saturated carbocycles. The second kappa shape index (κ2) is 7.41. The molecule has 1 aromatic heterocycles. The number of aromatic nitrogens is 1. The highest BCUT2D eigenvalue weighted by atomic mass is 16.1. The van der Waals surface area contributed by atoms with Gasteiger partial charge in [0.05, 0.1) is 0 Å². The Labute approximate surface area is 127 Å². The molecule has 0 radical (unpaired) electrons. The van der Waals surface area contributed by atoms with Gasteiger partial charge in [-0.15, -0.1) is 0 Å². The van der Waals surface area contributed by atoms with Crippen LogP contribution in [0.1, 0.15) is 42.2 Å². The van der Waals surface area contributed by atoms with Crippen LogP contribution in [-0.4, -0.2) is 49.0 Å². The minimum absolute atomic E-state index is 0.0115. The van der Waals surface area contributed by atoms with Crippen molar-refractivity contribution >= 4 is 11.7 Å². The van der Waals surface area contributed by atoms with Crippen molar-refractivity contribution in [2.75, 3.05) is 32.5 Å². The normalized spacial score (nSPS) is 19.3. The molecule has 1 fully saturated rings. The van der Waals surface area contributed by atoms with Crippen LogP contribution in [0.2, 0.25) is 0 Å². The molecule has 1 aliphatic rings. The molecule has 5 heteroatoms. The van der Waals surface area contributed by atoms with E-state index in [0.29, 0.717) is 18.2 Å². The van der Waals surface area contributed by atoms with E-state index >= 15 is 0 Å². The molecule has 5 nitrogen and oxygen atoms in total. The predicted molar refractivity (Wildman–Crippen MR) is 85.8 cm³/mol. The first kappa shape index (κ1) is 15.8. The molecule has 1 aromatic rings. The smallest absolute Gasteiger partial charge is 0.251 e. The third kappa shape index (κ3) is 4.17. The topological polar surface area (TPSA) is 57.3 Å². The second-order valence-electron chi connectivity index (χ2n) is 5.68. The molecule has 0 bridgehead atoms. The maximum absolute atomic E-state index is 12.3. The Hall–Kier alpha value is -1.62. The monoisotopic (exact) mass is 290 g/mol. The van der Waals surface area contributed by atoms with Crippen molar-refractivity contribution in [3.63, 3.8) is 0 Å². The molecule has 1 aliphatic heterocycles. The molecular formula is C16H26N4O. The highest BCUT2D eigenvalue weighted by Crippen LogP contribution is 2.15. The van der Waals surface area contributed by atoms with Crippen molar-refractivity contribution in [1.29, 1.82) is 0 Å². The van der Waals surface area contributed by atoms with Crippen LogP contribution in [0.3, 0.4) is 0 Å². The fourth-order valence-corrected chi connectivity index (χ4v) is 2.74. The van der Waals surface area contributed by atoms with Crippen LogP contribution in [-0.2, 0) is 6.42 Å². The zero-order valence-electron chi connectivity index (χ0n) is 13.3. The van der Waals surface area contributed by atoms with Gasteiger partial charge in [0.15, 0.2) is 0 Å². The van der Waals surface area contributed by atoms with E-state index < -0.39 is 0 Å². The highest BCUT2D eigenvalue weighted by molar-refractivity contribution is 5.95. The van der Waals surface area contributed by atoms with Crippen LogP contribution in [0.4, 0.5) is 5.82 Å². The van der Waals surface area contributed by atoms with Crippen molar-refractivity contribution < 1.29 is 4.79 Å². The van der Waals surface area contributed by atoms with E-state index in [0.717, 1.165) is 30.9 Å². The first-order valence-corrected chi connectivity index (χ1v) is 7.81. The van der Waals surface area contributed by atoms with Gasteiger partial charge in [0.2, 0.25) is 0 Å². The molecule has 0 aromatic carbocycles. The number of pyridine rings is 1. The number of amides is 1. The van der Waals surface area contributed by atoms with Gasteiger partial charge >= 0.3 is 0 Å². The van der Waals surface area contributed by atoms with Gasteiger partial charge in [-0.05, 0) is 45.0 Å². The lowest BCUT2D eigenvalue weighted by Crippen LogP contribution is -2.44. The Kier molecular flexibility index (Phi) is 5.56. The first-order valence-electron chi connectivity index (χ1n) is 7.81. The van der Waals surface area contributed by atoms with E-state index in [1.807, 2.05) is 20.0 Å². The molecule has 1 unspecified atom stereocenters. The lowest BCUT2D eigenvalue weighted by atomic mass is 10.0. The van der Waals surface area contributed by atoms with Crippen molar-refractivity contribution in [2.24, 2.45) is 0 Å². The number of rotatable bonds is 5. The van der Waals surface area contributed by atoms with E-state index in [2.05, 4.69) is 27.6 Å². The molecule has 2 N–H and O–H groups in total. The Morgan fingerprint density at radius 3 is 2.90 bits per heavy atom. The number of likely N-dealkylation sites (N-methyl/N-ethyl adjacent to an activating group) is 1. The molecule has 1 atom stereocenters. The Morgan fingerprint density at radius 1 is 1.43 bits per heavy atom. The van der Waals surface area contributed by atoms with E-state index in [1.165, 1.54) is 12.8 Å². The Balaban J connectivity index is 1.99. The zero-order chi connectivity index (χ0) is 15.2. The molecule has 2 heterocycles. The molecule has 0 spiro atoms. The van der Waals surface area contributed by atoms with E-state index in [-0.39, 0.29) is 5.91 Å². The fourth-order valence-electron chi connectivity index (χ4n) is 2.74. The lowest BCUT2D eigenvalue weighted by molar-refractivity contribution is 0.0928. The Morgan fingerprint density at radius 2 is 2.24 bits per heavy atom. The van der Waals surface area contributed by atoms with Crippen LogP contribution >= 0.6 is 0 Å². The van der Waals surface area contributed by atoms with Crippen molar-refractivity contribution in [2.45, 2.75) is 38.6 Å². The first-order chi connectivity index (χ1) is 10.1. The average molecular weight is 290 g/mol. The maximum atomic E-state index is 12.3. The standard InChI is InChI=1S/C16H26N4O/c1-4-13-9-12(10-15(17-2)19-13)16(21)18-11-14-7-5-6-8-20(14)3/h9-10,14H,4-8,11H2,1-3H3,(H,17,19)(H,18,21). The summed E-state index contributed by atoms with van der Waals surface area (Å²) in [5, 5.41) is 6.08. The SMILES string of the molecule is CCc1cc(C(=O)NCC2CCCCN2C)cc(NC)n1. The third-order valence-electron chi connectivity index (χ3n) is 4.18. The maximum Gasteiger partial charge on any atom is 0.251 e. The number of hydrogen-bond donors (Lipinski definition) is 2. The quantitative estimate of drug-likeness (QED) is 0.869. The largest absolute Gasteiger partial charge is 0.373 e. The summed E-state index contributed by atoms with van der Waals surface area (Å²) in [5.41, 5.74) is 1.62. The van der Waals surface area contributed by atoms with Gasteiger partial charge < -0.3 is 15.5 Å². The summed E-state index contributed by atoms with van der Waals surface area (Å²) in [5.74, 6) is 0.733. The van der Waals surface area contributed by atoms with Crippen LogP contribution < -0.4 is 10.6 Å². The van der Waals surface area contributed by atoms with Gasteiger partial charge in [0.1, 0.15) is 5.82 Å². The van der Waals surface area contributed by atoms with Gasteiger partial charge in [-0.3, -0.25) is 4.79 Å². The van der Waals surface area contributed by atoms with Crippen molar-refractivity contribution in [3.8, 4) is 0 Å². The van der Waals surface area contributed by atoms with Crippen molar-refractivity contribution in [3.05, 3.63) is 23.4 Å². The number of likely N-dealkylation sites (tertiary alicyclic amines) is 1. The minimum atomic E-state index is -0.0115. The van der Waals surface area contributed by atoms with E-state index in [1.54, 1.807) is 6.07 Å². The van der Waals surface area contributed by atoms with Crippen LogP contribution in [0.15, 0.2) is 12.1 Å². The molecule has 2 rings (SSSR count). The summed E-state index contributed by atoms with van der Waals surface area (Å²) < 4.78 is 0. The summed E-state index contributed by atoms with van der Waals surface area (Å²) in [6, 6.07) is 4.14. The van der Waals surface area contributed by atoms with Gasteiger partial charge in [-0.1, -0.05) is 13.3 Å². The van der Waals surface area contributed by atoms with Gasteiger partial charge in [0, 0.05) is 30.9 Å². The summed E-state index contributed by atoms with van der Waals surface area (Å²) >= 11 is 0. The average Bonchev–Trinajstić information content (AvgIpc) is 2.53. The molecule has 1 saturated heterocycles. The molecular weight excluding hydrogens is 264 g/mol. The number of nitrogens with zero attached hydrogens (tertiary/aromatic N) is 2. The molecule has 0 aliphatic carbocycles. The van der Waals surface area contributed by atoms with Gasteiger partial charge in [-0.25, -0.2) is 4.98 Å². The highest BCUT2D eigenvalue weighted by Gasteiger charge is 2.19. The summed E-state index contributed by atoms with van der Waals surface area (Å²) in [6.45, 7) is 3.88. The van der Waals surface area contributed by atoms with Crippen molar-refractivity contribution in [1.82, 2.24) is 15.2 Å². The minimum Gasteiger partial charge on any atom is -0.373 e. The number of carbonyl (C=O) groups excluding carboxylic acids is 1. The fraction of sp³-hybridized carbons (Fsp3) is 0.625. The number of carbonyl (C=O) groups is 1. The predicted octanol–water partition coefficient (Wildman–Crippen LogP) is 1.90. The number of anilines is 1. The molecule has 116 valence electrons. The number of nitrogens with one attached hydrogen (secondary N) is 2. The molecule has 21 heavy (non-hydrogen) atoms. The lowest BCUT2D eigenvalue weighted by Gasteiger charge is -2.32. The van der Waals surface area contributed by atoms with E-state index in [9.17, 15) is 4.79 Å². The number of aryl methyl sites for hydroxylation is 1. The second-order valence-corrected chi connectivity index (χ2v) is 5.68. The van der Waals surface area contributed by atoms with Crippen LogP contribution in [0, 0.1) is 0 Å². The zero-order valence-corrected chi connectivity index (χ0v) is 13.3. The van der Waals surface area contributed by atoms with E-state index in [4.69, 9.17) is 0 Å². The molecule has 1 amide bonds. The summed E-state index contributed by atoms with van der Waals surface area (Å²) in [4.78, 5) is 19.1. The van der Waals surface area contributed by atoms with Crippen LogP contribution in [0.5, 0.6) is 0 Å². The van der Waals surface area contributed by atoms with Gasteiger partial charge in [-0.2, -0.15) is 0 Å². The van der Waals surface area contributed by atoms with Gasteiger partial charge in [0.25, 0.3) is 5.91 Å². The third-order valence-corrected chi connectivity index (χ3v) is 4.18. The van der Waals surface area contributed by atoms with Crippen LogP contribution in [0.25, 0.3) is 0 Å². The Bertz CT molecular complexity index is 467. The number of hydrogen-bond acceptors (Lipinski definition) is 4. The number of piperidine rings is 1. The summed E-state index contributed by atoms with van der Waals surface area (Å²) in [6.07, 6.45) is 4.50. The summed E-state index contributed by atoms with van der Waals surface area (Å²) in [7, 11) is 3.96.